The zero-order chi connectivity index (χ0) is 20.8. The van der Waals surface area contributed by atoms with Gasteiger partial charge >= 0.3 is 5.97 Å². The van der Waals surface area contributed by atoms with E-state index in [0.29, 0.717) is 38.5 Å². The van der Waals surface area contributed by atoms with Crippen molar-refractivity contribution in [3.8, 4) is 17.2 Å². The highest BCUT2D eigenvalue weighted by molar-refractivity contribution is 6.42. The first-order valence-electron chi connectivity index (χ1n) is 8.41. The van der Waals surface area contributed by atoms with Gasteiger partial charge in [-0.1, -0.05) is 23.2 Å². The molecular weight excluding hydrogens is 415 g/mol. The molecule has 0 aliphatic heterocycles. The zero-order valence-corrected chi connectivity index (χ0v) is 17.1. The van der Waals surface area contributed by atoms with Gasteiger partial charge in [-0.2, -0.15) is 10.2 Å². The van der Waals surface area contributed by atoms with Gasteiger partial charge in [-0.05, 0) is 54.6 Å². The monoisotopic (exact) mass is 430 g/mol. The summed E-state index contributed by atoms with van der Waals surface area (Å²) in [5.41, 5.74) is 1.45. The SMILES string of the molecule is COc1ccc(C(=O)Oc2ccc(N=Nc3ccc(Cl)c(Cl)c3)cc2OC)cc1. The van der Waals surface area contributed by atoms with Crippen molar-refractivity contribution in [3.63, 3.8) is 0 Å². The summed E-state index contributed by atoms with van der Waals surface area (Å²) in [5.74, 6) is 0.742. The Labute approximate surface area is 177 Å². The van der Waals surface area contributed by atoms with Crippen molar-refractivity contribution < 1.29 is 19.0 Å². The number of nitrogens with zero attached hydrogens (tertiary/aromatic N) is 2. The van der Waals surface area contributed by atoms with E-state index in [-0.39, 0.29) is 5.75 Å². The fourth-order valence-corrected chi connectivity index (χ4v) is 2.64. The quantitative estimate of drug-likeness (QED) is 0.249. The Hall–Kier alpha value is -3.09. The predicted octanol–water partition coefficient (Wildman–Crippen LogP) is 6.65. The van der Waals surface area contributed by atoms with Crippen LogP contribution in [0.1, 0.15) is 10.4 Å². The first-order chi connectivity index (χ1) is 14.0. The van der Waals surface area contributed by atoms with E-state index >= 15 is 0 Å². The summed E-state index contributed by atoms with van der Waals surface area (Å²) in [7, 11) is 3.03. The fourth-order valence-electron chi connectivity index (χ4n) is 2.35. The number of hydrogen-bond acceptors (Lipinski definition) is 6. The van der Waals surface area contributed by atoms with Crippen molar-refractivity contribution in [2.75, 3.05) is 14.2 Å². The molecule has 0 bridgehead atoms. The predicted molar refractivity (Wildman–Crippen MR) is 112 cm³/mol. The second kappa shape index (κ2) is 9.41. The molecule has 0 unspecified atom stereocenters. The number of hydrogen-bond donors (Lipinski definition) is 0. The number of benzene rings is 3. The van der Waals surface area contributed by atoms with E-state index in [1.165, 1.54) is 7.11 Å². The average Bonchev–Trinajstić information content (AvgIpc) is 2.75. The van der Waals surface area contributed by atoms with E-state index in [2.05, 4.69) is 10.2 Å². The standard InChI is InChI=1S/C21H16Cl2N2O4/c1-27-16-7-3-13(4-8-16)21(26)29-19-10-6-15(12-20(19)28-2)25-24-14-5-9-17(22)18(23)11-14/h3-12H,1-2H3. The number of halogens is 2. The maximum absolute atomic E-state index is 12.4. The van der Waals surface area contributed by atoms with Crippen molar-refractivity contribution in [2.45, 2.75) is 0 Å². The van der Waals surface area contributed by atoms with E-state index in [1.807, 2.05) is 0 Å². The normalized spacial score (nSPS) is 10.8. The summed E-state index contributed by atoms with van der Waals surface area (Å²) in [4.78, 5) is 12.4. The van der Waals surface area contributed by atoms with Gasteiger partial charge in [0, 0.05) is 6.07 Å². The summed E-state index contributed by atoms with van der Waals surface area (Å²) >= 11 is 11.9. The molecule has 0 amide bonds. The van der Waals surface area contributed by atoms with Crippen LogP contribution in [0.25, 0.3) is 0 Å². The van der Waals surface area contributed by atoms with Crippen LogP contribution in [0.2, 0.25) is 10.0 Å². The first kappa shape index (κ1) is 20.6. The third kappa shape index (κ3) is 5.25. The summed E-state index contributed by atoms with van der Waals surface area (Å²) in [6, 6.07) is 16.4. The van der Waals surface area contributed by atoms with Crippen LogP contribution in [-0.2, 0) is 0 Å². The molecule has 3 rings (SSSR count). The molecule has 0 aromatic heterocycles. The smallest absolute Gasteiger partial charge is 0.343 e. The van der Waals surface area contributed by atoms with E-state index in [9.17, 15) is 4.79 Å². The van der Waals surface area contributed by atoms with Gasteiger partial charge in [0.25, 0.3) is 0 Å². The number of rotatable bonds is 6. The second-order valence-corrected chi connectivity index (χ2v) is 6.57. The molecule has 0 radical (unpaired) electrons. The molecule has 0 atom stereocenters. The highest BCUT2D eigenvalue weighted by Crippen LogP contribution is 2.33. The largest absolute Gasteiger partial charge is 0.497 e. The number of carbonyl (C=O) groups excluding carboxylic acids is 1. The molecule has 0 heterocycles. The fraction of sp³-hybridized carbons (Fsp3) is 0.0952. The maximum Gasteiger partial charge on any atom is 0.343 e. The van der Waals surface area contributed by atoms with Gasteiger partial charge in [-0.3, -0.25) is 0 Å². The lowest BCUT2D eigenvalue weighted by molar-refractivity contribution is 0.0729. The Morgan fingerprint density at radius 2 is 1.41 bits per heavy atom. The molecule has 3 aromatic rings. The Kier molecular flexibility index (Phi) is 6.69. The van der Waals surface area contributed by atoms with E-state index in [1.54, 1.807) is 67.8 Å². The molecule has 0 fully saturated rings. The highest BCUT2D eigenvalue weighted by Gasteiger charge is 2.13. The van der Waals surface area contributed by atoms with Crippen molar-refractivity contribution in [1.82, 2.24) is 0 Å². The van der Waals surface area contributed by atoms with Crippen molar-refractivity contribution in [1.29, 1.82) is 0 Å². The van der Waals surface area contributed by atoms with Gasteiger partial charge < -0.3 is 14.2 Å². The molecule has 0 aliphatic carbocycles. The average molecular weight is 431 g/mol. The molecule has 6 nitrogen and oxygen atoms in total. The molecule has 0 aliphatic rings. The lowest BCUT2D eigenvalue weighted by atomic mass is 10.2. The molecule has 29 heavy (non-hydrogen) atoms. The molecule has 8 heteroatoms. The van der Waals surface area contributed by atoms with Gasteiger partial charge in [-0.15, -0.1) is 0 Å². The first-order valence-corrected chi connectivity index (χ1v) is 9.17. The van der Waals surface area contributed by atoms with Crippen LogP contribution in [0.5, 0.6) is 17.2 Å². The van der Waals surface area contributed by atoms with Crippen molar-refractivity contribution in [3.05, 3.63) is 76.3 Å². The zero-order valence-electron chi connectivity index (χ0n) is 15.6. The Bertz CT molecular complexity index is 1050. The van der Waals surface area contributed by atoms with Gasteiger partial charge in [0.1, 0.15) is 5.75 Å². The topological polar surface area (TPSA) is 69.5 Å². The van der Waals surface area contributed by atoms with Gasteiger partial charge in [0.2, 0.25) is 0 Å². The van der Waals surface area contributed by atoms with Gasteiger partial charge in [-0.25, -0.2) is 4.79 Å². The highest BCUT2D eigenvalue weighted by atomic mass is 35.5. The maximum atomic E-state index is 12.4. The Morgan fingerprint density at radius 3 is 2.03 bits per heavy atom. The summed E-state index contributed by atoms with van der Waals surface area (Å²) in [6.07, 6.45) is 0. The van der Waals surface area contributed by atoms with Gasteiger partial charge in [0.05, 0.1) is 41.2 Å². The Balaban J connectivity index is 1.76. The van der Waals surface area contributed by atoms with Crippen LogP contribution >= 0.6 is 23.2 Å². The number of methoxy groups -OCH3 is 2. The van der Waals surface area contributed by atoms with Crippen LogP contribution in [0.4, 0.5) is 11.4 Å². The van der Waals surface area contributed by atoms with Crippen molar-refractivity contribution in [2.24, 2.45) is 10.2 Å². The summed E-state index contributed by atoms with van der Waals surface area (Å²) < 4.78 is 15.8. The van der Waals surface area contributed by atoms with Crippen LogP contribution < -0.4 is 14.2 Å². The lowest BCUT2D eigenvalue weighted by Gasteiger charge is -2.10. The van der Waals surface area contributed by atoms with Crippen LogP contribution in [0.15, 0.2) is 70.9 Å². The van der Waals surface area contributed by atoms with E-state index in [0.717, 1.165) is 0 Å². The van der Waals surface area contributed by atoms with E-state index < -0.39 is 5.97 Å². The lowest BCUT2D eigenvalue weighted by Crippen LogP contribution is -2.09. The summed E-state index contributed by atoms with van der Waals surface area (Å²) in [5, 5.41) is 9.09. The number of esters is 1. The molecule has 3 aromatic carbocycles. The van der Waals surface area contributed by atoms with Crippen LogP contribution in [-0.4, -0.2) is 20.2 Å². The van der Waals surface area contributed by atoms with Crippen molar-refractivity contribution >= 4 is 40.5 Å². The number of azo groups is 1. The molecule has 148 valence electrons. The van der Waals surface area contributed by atoms with Crippen LogP contribution in [0, 0.1) is 0 Å². The number of ether oxygens (including phenoxy) is 3. The molecule has 0 saturated heterocycles. The third-order valence-corrected chi connectivity index (χ3v) is 4.60. The third-order valence-electron chi connectivity index (χ3n) is 3.86. The minimum atomic E-state index is -0.517. The Morgan fingerprint density at radius 1 is 0.759 bits per heavy atom. The van der Waals surface area contributed by atoms with Gasteiger partial charge in [0.15, 0.2) is 11.5 Å². The number of carbonyl (C=O) groups is 1. The summed E-state index contributed by atoms with van der Waals surface area (Å²) in [6.45, 7) is 0. The minimum absolute atomic E-state index is 0.266. The minimum Gasteiger partial charge on any atom is -0.497 e. The molecule has 0 spiro atoms. The second-order valence-electron chi connectivity index (χ2n) is 5.75. The molecule has 0 N–H and O–H groups in total. The van der Waals surface area contributed by atoms with Crippen LogP contribution in [0.3, 0.4) is 0 Å². The molecular formula is C21H16Cl2N2O4. The van der Waals surface area contributed by atoms with E-state index in [4.69, 9.17) is 37.4 Å². The molecule has 0 saturated carbocycles.